The van der Waals surface area contributed by atoms with Crippen LogP contribution in [-0.4, -0.2) is 90.7 Å². The van der Waals surface area contributed by atoms with Crippen molar-refractivity contribution >= 4 is 41.2 Å². The minimum Gasteiger partial charge on any atom is -0.497 e. The summed E-state index contributed by atoms with van der Waals surface area (Å²) in [5.41, 5.74) is 0.783. The van der Waals surface area contributed by atoms with Crippen LogP contribution < -0.4 is 15.0 Å². The largest absolute Gasteiger partial charge is 0.497 e. The molecule has 0 radical (unpaired) electrons. The summed E-state index contributed by atoms with van der Waals surface area (Å²) in [6, 6.07) is 8.52. The Morgan fingerprint density at radius 3 is 1.95 bits per heavy atom. The molecule has 2 aromatic carbocycles. The zero-order chi connectivity index (χ0) is 27.7. The van der Waals surface area contributed by atoms with Crippen molar-refractivity contribution in [2.24, 2.45) is 11.8 Å². The van der Waals surface area contributed by atoms with E-state index < -0.39 is 71.5 Å². The lowest BCUT2D eigenvalue weighted by atomic mass is 9.78. The van der Waals surface area contributed by atoms with E-state index >= 15 is 0 Å². The Morgan fingerprint density at radius 2 is 1.38 bits per heavy atom. The number of anilines is 1. The van der Waals surface area contributed by atoms with Crippen LogP contribution in [0, 0.1) is 11.8 Å². The summed E-state index contributed by atoms with van der Waals surface area (Å²) >= 11 is 0. The van der Waals surface area contributed by atoms with E-state index in [4.69, 9.17) is 9.47 Å². The monoisotopic (exact) mass is 532 g/mol. The van der Waals surface area contributed by atoms with E-state index in [0.29, 0.717) is 11.4 Å². The molecular formula is C27H24N4O8. The van der Waals surface area contributed by atoms with Gasteiger partial charge in [-0.25, -0.2) is 0 Å². The van der Waals surface area contributed by atoms with Gasteiger partial charge in [-0.1, -0.05) is 12.1 Å². The van der Waals surface area contributed by atoms with Gasteiger partial charge in [0.1, 0.15) is 17.8 Å². The summed E-state index contributed by atoms with van der Waals surface area (Å²) in [7, 11) is 4.01. The molecule has 0 aliphatic carbocycles. The number of benzene rings is 2. The van der Waals surface area contributed by atoms with Crippen molar-refractivity contribution in [1.29, 1.82) is 0 Å². The van der Waals surface area contributed by atoms with Crippen molar-refractivity contribution in [3.05, 3.63) is 59.7 Å². The summed E-state index contributed by atoms with van der Waals surface area (Å²) < 4.78 is 10.1. The number of methoxy groups -OCH3 is 2. The molecule has 200 valence electrons. The van der Waals surface area contributed by atoms with Gasteiger partial charge in [-0.2, -0.15) is 0 Å². The van der Waals surface area contributed by atoms with Crippen molar-refractivity contribution < 1.29 is 38.2 Å². The first kappa shape index (κ1) is 24.7. The first-order valence-electron chi connectivity index (χ1n) is 12.3. The summed E-state index contributed by atoms with van der Waals surface area (Å²) in [6.07, 6.45) is 0. The number of rotatable bonds is 5. The Kier molecular flexibility index (Phi) is 5.54. The predicted molar refractivity (Wildman–Crippen MR) is 132 cm³/mol. The van der Waals surface area contributed by atoms with Gasteiger partial charge in [0.05, 0.1) is 43.2 Å². The molecule has 5 amide bonds. The third-order valence-corrected chi connectivity index (χ3v) is 8.13. The fourth-order valence-electron chi connectivity index (χ4n) is 6.27. The van der Waals surface area contributed by atoms with Gasteiger partial charge in [0.15, 0.2) is 0 Å². The lowest BCUT2D eigenvalue weighted by Crippen LogP contribution is -2.77. The number of hydrogen-bond acceptors (Lipinski definition) is 9. The summed E-state index contributed by atoms with van der Waals surface area (Å²) in [5.74, 6) is -5.13. The van der Waals surface area contributed by atoms with Crippen molar-refractivity contribution in [1.82, 2.24) is 15.1 Å². The highest BCUT2D eigenvalue weighted by Crippen LogP contribution is 2.45. The lowest BCUT2D eigenvalue weighted by molar-refractivity contribution is -0.147. The highest BCUT2D eigenvalue weighted by molar-refractivity contribution is 6.25. The van der Waals surface area contributed by atoms with E-state index in [9.17, 15) is 28.8 Å². The van der Waals surface area contributed by atoms with Crippen molar-refractivity contribution in [2.45, 2.75) is 24.2 Å². The van der Waals surface area contributed by atoms with Crippen LogP contribution in [-0.2, 0) is 23.9 Å². The van der Waals surface area contributed by atoms with Gasteiger partial charge in [0.2, 0.25) is 11.8 Å². The van der Waals surface area contributed by atoms with Gasteiger partial charge in [0, 0.05) is 18.8 Å². The van der Waals surface area contributed by atoms with E-state index in [-0.39, 0.29) is 11.1 Å². The number of hydrogen-bond donors (Lipinski definition) is 1. The number of ether oxygens (including phenoxy) is 2. The smallest absolute Gasteiger partial charge is 0.323 e. The second kappa shape index (κ2) is 8.73. The molecule has 3 fully saturated rings. The second-order valence-electron chi connectivity index (χ2n) is 9.85. The Balaban J connectivity index is 1.45. The summed E-state index contributed by atoms with van der Waals surface area (Å²) in [5, 5.41) is 3.06. The van der Waals surface area contributed by atoms with Crippen LogP contribution in [0.15, 0.2) is 48.5 Å². The topological polar surface area (TPSA) is 143 Å². The molecule has 0 saturated carbocycles. The third kappa shape index (κ3) is 3.27. The van der Waals surface area contributed by atoms with Crippen molar-refractivity contribution in [2.75, 3.05) is 26.2 Å². The molecular weight excluding hydrogens is 508 g/mol. The third-order valence-electron chi connectivity index (χ3n) is 8.13. The average Bonchev–Trinajstić information content (AvgIpc) is 3.53. The fourth-order valence-corrected chi connectivity index (χ4v) is 6.27. The molecule has 12 heteroatoms. The number of esters is 1. The molecule has 12 nitrogen and oxygen atoms in total. The average molecular weight is 533 g/mol. The fraction of sp³-hybridized carbons (Fsp3) is 0.333. The Labute approximate surface area is 222 Å². The Hall–Kier alpha value is -4.58. The van der Waals surface area contributed by atoms with E-state index in [2.05, 4.69) is 5.32 Å². The number of nitrogens with one attached hydrogen (secondary N) is 1. The number of nitrogens with zero attached hydrogens (tertiary/aromatic N) is 3. The van der Waals surface area contributed by atoms with Crippen LogP contribution in [0.1, 0.15) is 20.7 Å². The maximum atomic E-state index is 13.8. The molecule has 2 aromatic rings. The normalized spacial score (nSPS) is 29.5. The van der Waals surface area contributed by atoms with Gasteiger partial charge in [0.25, 0.3) is 17.7 Å². The van der Waals surface area contributed by atoms with Crippen LogP contribution in [0.4, 0.5) is 5.69 Å². The van der Waals surface area contributed by atoms with Gasteiger partial charge >= 0.3 is 5.97 Å². The molecule has 0 bridgehead atoms. The summed E-state index contributed by atoms with van der Waals surface area (Å²) in [6.45, 7) is 0. The first-order valence-corrected chi connectivity index (χ1v) is 12.3. The van der Waals surface area contributed by atoms with Crippen molar-refractivity contribution in [3.8, 4) is 5.75 Å². The van der Waals surface area contributed by atoms with Crippen molar-refractivity contribution in [3.63, 3.8) is 0 Å². The molecule has 6 rings (SSSR count). The molecule has 39 heavy (non-hydrogen) atoms. The predicted octanol–water partition coefficient (Wildman–Crippen LogP) is -0.180. The lowest BCUT2D eigenvalue weighted by Gasteiger charge is -2.52. The zero-order valence-corrected chi connectivity index (χ0v) is 21.2. The molecule has 3 saturated heterocycles. The number of fused-ring (bicyclic) bond motifs is 2. The summed E-state index contributed by atoms with van der Waals surface area (Å²) in [4.78, 5) is 82.8. The minimum atomic E-state index is -1.28. The Bertz CT molecular complexity index is 1420. The minimum absolute atomic E-state index is 0.175. The maximum absolute atomic E-state index is 13.8. The molecule has 0 aromatic heterocycles. The number of amides is 5. The van der Waals surface area contributed by atoms with E-state index in [0.717, 1.165) is 9.80 Å². The first-order chi connectivity index (χ1) is 18.7. The van der Waals surface area contributed by atoms with E-state index in [1.54, 1.807) is 36.4 Å². The van der Waals surface area contributed by atoms with Gasteiger partial charge in [-0.15, -0.1) is 0 Å². The number of β-lactam (4-membered cyclic amide) rings is 1. The molecule has 0 unspecified atom stereocenters. The molecule has 4 aliphatic heterocycles. The maximum Gasteiger partial charge on any atom is 0.323 e. The van der Waals surface area contributed by atoms with Gasteiger partial charge in [-0.05, 0) is 36.4 Å². The van der Waals surface area contributed by atoms with Crippen LogP contribution in [0.3, 0.4) is 0 Å². The quantitative estimate of drug-likeness (QED) is 0.315. The molecule has 4 aliphatic rings. The number of likely N-dealkylation sites (tertiary alicyclic amines) is 1. The van der Waals surface area contributed by atoms with Crippen LogP contribution in [0.25, 0.3) is 0 Å². The van der Waals surface area contributed by atoms with Crippen LogP contribution in [0.2, 0.25) is 0 Å². The standard InChI is InChI=1S/C27H24N4O8/c1-29-24(34)16-17(25(29)35)19(27(37)39-3)28-18(16)20-21(26(36)30(20)12-8-10-13(38-2)11-9-12)31-22(32)14-6-4-5-7-15(14)23(31)33/h4-11,16-21,28H,1-3H3/t16-,17+,18+,19-,20-,21+/m0/s1. The number of imide groups is 2. The van der Waals surface area contributed by atoms with Crippen LogP contribution in [0.5, 0.6) is 5.75 Å². The van der Waals surface area contributed by atoms with E-state index in [1.807, 2.05) is 0 Å². The highest BCUT2D eigenvalue weighted by atomic mass is 16.5. The number of carbonyl (C=O) groups is 6. The van der Waals surface area contributed by atoms with Gasteiger partial charge < -0.3 is 14.4 Å². The van der Waals surface area contributed by atoms with Gasteiger partial charge in [-0.3, -0.25) is 43.9 Å². The number of carbonyl (C=O) groups excluding carboxylic acids is 6. The molecule has 6 atom stereocenters. The molecule has 0 spiro atoms. The zero-order valence-electron chi connectivity index (χ0n) is 21.2. The second-order valence-corrected chi connectivity index (χ2v) is 9.85. The SMILES string of the molecule is COC(=O)[C@H]1N[C@@H]([C@H]2[C@@H](N3C(=O)c4ccccc4C3=O)C(=O)N2c2ccc(OC)cc2)[C@H]2C(=O)N(C)C(=O)[C@H]21. The molecule has 1 N–H and O–H groups in total. The Morgan fingerprint density at radius 1 is 0.795 bits per heavy atom. The molecule has 4 heterocycles. The highest BCUT2D eigenvalue weighted by Gasteiger charge is 2.68. The van der Waals surface area contributed by atoms with Crippen LogP contribution >= 0.6 is 0 Å². The van der Waals surface area contributed by atoms with E-state index in [1.165, 1.54) is 38.3 Å².